The largest absolute Gasteiger partial charge is 0.341 e. The van der Waals surface area contributed by atoms with Crippen LogP contribution >= 0.6 is 0 Å². The third-order valence-corrected chi connectivity index (χ3v) is 6.90. The van der Waals surface area contributed by atoms with Crippen molar-refractivity contribution in [3.63, 3.8) is 0 Å². The van der Waals surface area contributed by atoms with Crippen LogP contribution in [-0.4, -0.2) is 56.0 Å². The predicted molar refractivity (Wildman–Crippen MR) is 122 cm³/mol. The van der Waals surface area contributed by atoms with Crippen LogP contribution in [0.1, 0.15) is 28.9 Å². The summed E-state index contributed by atoms with van der Waals surface area (Å²) in [6.45, 7) is 3.34. The second-order valence-corrected chi connectivity index (χ2v) is 8.87. The first-order valence-corrected chi connectivity index (χ1v) is 11.3. The quantitative estimate of drug-likeness (QED) is 0.533. The maximum Gasteiger partial charge on any atom is 0.253 e. The van der Waals surface area contributed by atoms with Gasteiger partial charge in [-0.2, -0.15) is 5.10 Å². The number of nitrogens with one attached hydrogen (secondary N) is 1. The lowest BCUT2D eigenvalue weighted by Crippen LogP contribution is -2.48. The molecule has 162 valence electrons. The number of piperidine rings is 1. The SMILES string of the molecule is O=C(c1ccc2[nH]ncc2c1)N1CCCC(C(=O)N2CCn3c(cc4ccccc43)C2)C1. The Labute approximate surface area is 185 Å². The van der Waals surface area contributed by atoms with Gasteiger partial charge in [0.2, 0.25) is 5.91 Å². The average molecular weight is 428 g/mol. The summed E-state index contributed by atoms with van der Waals surface area (Å²) >= 11 is 0. The molecule has 1 unspecified atom stereocenters. The monoisotopic (exact) mass is 427 g/mol. The van der Waals surface area contributed by atoms with Crippen LogP contribution in [0.5, 0.6) is 0 Å². The zero-order valence-corrected chi connectivity index (χ0v) is 17.8. The van der Waals surface area contributed by atoms with Crippen LogP contribution in [0, 0.1) is 5.92 Å². The van der Waals surface area contributed by atoms with Crippen LogP contribution in [0.15, 0.2) is 54.7 Å². The van der Waals surface area contributed by atoms with Crippen LogP contribution in [0.2, 0.25) is 0 Å². The summed E-state index contributed by atoms with van der Waals surface area (Å²) in [6, 6.07) is 16.2. The van der Waals surface area contributed by atoms with E-state index in [1.165, 1.54) is 16.6 Å². The van der Waals surface area contributed by atoms with Crippen LogP contribution in [-0.2, 0) is 17.9 Å². The predicted octanol–water partition coefficient (Wildman–Crippen LogP) is 3.41. The molecule has 0 saturated carbocycles. The van der Waals surface area contributed by atoms with E-state index in [2.05, 4.69) is 45.1 Å². The van der Waals surface area contributed by atoms with Crippen molar-refractivity contribution in [1.82, 2.24) is 24.6 Å². The lowest BCUT2D eigenvalue weighted by molar-refractivity contribution is -0.138. The molecule has 2 aromatic heterocycles. The molecule has 32 heavy (non-hydrogen) atoms. The number of amides is 2. The van der Waals surface area contributed by atoms with Crippen LogP contribution < -0.4 is 0 Å². The van der Waals surface area contributed by atoms with Gasteiger partial charge in [0.15, 0.2) is 0 Å². The van der Waals surface area contributed by atoms with Gasteiger partial charge in [0, 0.05) is 48.3 Å². The third kappa shape index (κ3) is 3.16. The second kappa shape index (κ2) is 7.51. The summed E-state index contributed by atoms with van der Waals surface area (Å²) < 4.78 is 2.32. The number of hydrogen-bond acceptors (Lipinski definition) is 3. The van der Waals surface area contributed by atoms with Gasteiger partial charge in [-0.1, -0.05) is 18.2 Å². The maximum atomic E-state index is 13.4. The molecular formula is C25H25N5O2. The highest BCUT2D eigenvalue weighted by molar-refractivity contribution is 5.98. The normalized spacial score (nSPS) is 18.8. The number of carbonyl (C=O) groups is 2. The van der Waals surface area contributed by atoms with Gasteiger partial charge in [0.25, 0.3) is 5.91 Å². The van der Waals surface area contributed by atoms with Crippen LogP contribution in [0.25, 0.3) is 21.8 Å². The van der Waals surface area contributed by atoms with Crippen molar-refractivity contribution < 1.29 is 9.59 Å². The zero-order chi connectivity index (χ0) is 21.7. The minimum atomic E-state index is -0.138. The number of para-hydroxylation sites is 1. The number of likely N-dealkylation sites (tertiary alicyclic amines) is 1. The molecule has 1 atom stereocenters. The number of aromatic nitrogens is 3. The molecule has 1 fully saturated rings. The average Bonchev–Trinajstić information content (AvgIpc) is 3.46. The summed E-state index contributed by atoms with van der Waals surface area (Å²) in [5.74, 6) is 0.0231. The third-order valence-electron chi connectivity index (χ3n) is 6.90. The van der Waals surface area contributed by atoms with E-state index in [0.717, 1.165) is 30.3 Å². The maximum absolute atomic E-state index is 13.4. The van der Waals surface area contributed by atoms with Crippen molar-refractivity contribution in [2.75, 3.05) is 19.6 Å². The van der Waals surface area contributed by atoms with E-state index in [-0.39, 0.29) is 17.7 Å². The summed E-state index contributed by atoms with van der Waals surface area (Å²) in [5.41, 5.74) is 3.98. The van der Waals surface area contributed by atoms with Crippen molar-refractivity contribution in [3.05, 3.63) is 66.0 Å². The van der Waals surface area contributed by atoms with Gasteiger partial charge < -0.3 is 14.4 Å². The van der Waals surface area contributed by atoms with Gasteiger partial charge in [0.1, 0.15) is 0 Å². The van der Waals surface area contributed by atoms with E-state index < -0.39 is 0 Å². The van der Waals surface area contributed by atoms with Crippen molar-refractivity contribution in [2.45, 2.75) is 25.9 Å². The number of rotatable bonds is 2. The fraction of sp³-hybridized carbons (Fsp3) is 0.320. The highest BCUT2D eigenvalue weighted by Crippen LogP contribution is 2.27. The lowest BCUT2D eigenvalue weighted by Gasteiger charge is -2.36. The number of H-pyrrole nitrogens is 1. The number of nitrogens with zero attached hydrogens (tertiary/aromatic N) is 4. The fourth-order valence-electron chi connectivity index (χ4n) is 5.23. The molecule has 0 bridgehead atoms. The standard InChI is InChI=1S/C25H25N5O2/c31-24(18-7-8-22-20(12-18)14-26-27-22)28-9-3-5-19(15-28)25(32)29-10-11-30-21(16-29)13-17-4-1-2-6-23(17)30/h1-2,4,6-8,12-14,19H,3,5,9-11,15-16H2,(H,26,27). The fourth-order valence-corrected chi connectivity index (χ4v) is 5.23. The first-order valence-electron chi connectivity index (χ1n) is 11.3. The van der Waals surface area contributed by atoms with Crippen molar-refractivity contribution in [1.29, 1.82) is 0 Å². The molecular weight excluding hydrogens is 402 g/mol. The molecule has 2 aliphatic rings. The van der Waals surface area contributed by atoms with Gasteiger partial charge in [0.05, 0.1) is 24.2 Å². The van der Waals surface area contributed by atoms with E-state index >= 15 is 0 Å². The first-order chi connectivity index (χ1) is 15.7. The summed E-state index contributed by atoms with van der Waals surface area (Å²) in [5, 5.41) is 9.09. The number of aromatic amines is 1. The molecule has 0 radical (unpaired) electrons. The lowest BCUT2D eigenvalue weighted by atomic mass is 9.95. The topological polar surface area (TPSA) is 74.2 Å². The zero-order valence-electron chi connectivity index (χ0n) is 17.8. The Morgan fingerprint density at radius 1 is 0.969 bits per heavy atom. The number of fused-ring (bicyclic) bond motifs is 4. The Hall–Kier alpha value is -3.61. The molecule has 6 rings (SSSR count). The number of carbonyl (C=O) groups excluding carboxylic acids is 2. The Morgan fingerprint density at radius 2 is 1.88 bits per heavy atom. The van der Waals surface area contributed by atoms with E-state index in [0.29, 0.717) is 31.7 Å². The molecule has 1 saturated heterocycles. The molecule has 0 spiro atoms. The van der Waals surface area contributed by atoms with E-state index in [4.69, 9.17) is 0 Å². The van der Waals surface area contributed by atoms with Gasteiger partial charge in [-0.15, -0.1) is 0 Å². The summed E-state index contributed by atoms with van der Waals surface area (Å²) in [4.78, 5) is 30.3. The number of benzene rings is 2. The van der Waals surface area contributed by atoms with E-state index in [1.807, 2.05) is 28.0 Å². The Bertz CT molecular complexity index is 1340. The summed E-state index contributed by atoms with van der Waals surface area (Å²) in [7, 11) is 0. The van der Waals surface area contributed by atoms with Gasteiger partial charge in [-0.05, 0) is 48.6 Å². The van der Waals surface area contributed by atoms with E-state index in [1.54, 1.807) is 6.20 Å². The molecule has 7 nitrogen and oxygen atoms in total. The van der Waals surface area contributed by atoms with Gasteiger partial charge in [-0.25, -0.2) is 0 Å². The molecule has 4 heterocycles. The molecule has 7 heteroatoms. The minimum absolute atomic E-state index is 0.00984. The van der Waals surface area contributed by atoms with Crippen molar-refractivity contribution in [3.8, 4) is 0 Å². The molecule has 0 aliphatic carbocycles. The Kier molecular flexibility index (Phi) is 4.48. The Balaban J connectivity index is 1.17. The molecule has 4 aromatic rings. The summed E-state index contributed by atoms with van der Waals surface area (Å²) in [6.07, 6.45) is 3.41. The number of hydrogen-bond donors (Lipinski definition) is 1. The molecule has 1 N–H and O–H groups in total. The van der Waals surface area contributed by atoms with Crippen molar-refractivity contribution >= 4 is 33.6 Å². The van der Waals surface area contributed by atoms with E-state index in [9.17, 15) is 9.59 Å². The molecule has 2 aliphatic heterocycles. The molecule has 2 aromatic carbocycles. The van der Waals surface area contributed by atoms with Crippen molar-refractivity contribution in [2.24, 2.45) is 5.92 Å². The second-order valence-electron chi connectivity index (χ2n) is 8.87. The van der Waals surface area contributed by atoms with Gasteiger partial charge >= 0.3 is 0 Å². The minimum Gasteiger partial charge on any atom is -0.341 e. The smallest absolute Gasteiger partial charge is 0.253 e. The Morgan fingerprint density at radius 3 is 2.81 bits per heavy atom. The molecule has 2 amide bonds. The van der Waals surface area contributed by atoms with Crippen LogP contribution in [0.4, 0.5) is 0 Å². The highest BCUT2D eigenvalue weighted by Gasteiger charge is 2.33. The van der Waals surface area contributed by atoms with Gasteiger partial charge in [-0.3, -0.25) is 14.7 Å². The van der Waals surface area contributed by atoms with Crippen LogP contribution in [0.3, 0.4) is 0 Å². The highest BCUT2D eigenvalue weighted by atomic mass is 16.2. The first kappa shape index (κ1) is 19.1.